The van der Waals surface area contributed by atoms with Gasteiger partial charge in [-0.05, 0) is 29.7 Å². The first kappa shape index (κ1) is 14.5. The highest BCUT2D eigenvalue weighted by atomic mass is 32.2. The average Bonchev–Trinajstić information content (AvgIpc) is 2.41. The number of carboxylic acids is 1. The summed E-state index contributed by atoms with van der Waals surface area (Å²) in [4.78, 5) is 15.8. The van der Waals surface area contributed by atoms with Gasteiger partial charge in [0.1, 0.15) is 10.8 Å². The van der Waals surface area contributed by atoms with Crippen LogP contribution in [0.2, 0.25) is 0 Å². The zero-order valence-electron chi connectivity index (χ0n) is 11.1. The van der Waals surface area contributed by atoms with Crippen LogP contribution in [0.5, 0.6) is 0 Å². The first-order chi connectivity index (χ1) is 9.47. The first-order valence-corrected chi connectivity index (χ1v) is 6.95. The molecule has 1 aromatic heterocycles. The topological polar surface area (TPSA) is 50.2 Å². The zero-order chi connectivity index (χ0) is 14.7. The lowest BCUT2D eigenvalue weighted by Crippen LogP contribution is -2.01. The van der Waals surface area contributed by atoms with E-state index in [4.69, 9.17) is 5.11 Å². The van der Waals surface area contributed by atoms with Crippen molar-refractivity contribution >= 4 is 17.7 Å². The van der Waals surface area contributed by atoms with Gasteiger partial charge in [0.25, 0.3) is 0 Å². The first-order valence-electron chi connectivity index (χ1n) is 6.14. The molecule has 1 N–H and O–H groups in total. The van der Waals surface area contributed by atoms with E-state index in [-0.39, 0.29) is 10.6 Å². The molecule has 3 nitrogen and oxygen atoms in total. The van der Waals surface area contributed by atoms with E-state index >= 15 is 0 Å². The maximum Gasteiger partial charge on any atom is 0.338 e. The Hall–Kier alpha value is -1.88. The van der Waals surface area contributed by atoms with Gasteiger partial charge >= 0.3 is 5.97 Å². The molecule has 2 rings (SSSR count). The number of aromatic nitrogens is 1. The van der Waals surface area contributed by atoms with Crippen molar-refractivity contribution in [2.45, 2.75) is 29.7 Å². The highest BCUT2D eigenvalue weighted by Crippen LogP contribution is 2.30. The fourth-order valence-corrected chi connectivity index (χ4v) is 2.55. The molecule has 1 aromatic carbocycles. The Kier molecular flexibility index (Phi) is 4.39. The standard InChI is InChI=1S/C15H14FNO2S/c1-9(2)10-3-5-12(6-4-10)20-14-13(15(18)19)7-11(16)8-17-14/h3-9H,1-2H3,(H,18,19). The Balaban J connectivity index is 2.28. The molecule has 104 valence electrons. The third-order valence-corrected chi connectivity index (χ3v) is 3.84. The highest BCUT2D eigenvalue weighted by molar-refractivity contribution is 7.99. The van der Waals surface area contributed by atoms with Crippen LogP contribution < -0.4 is 0 Å². The summed E-state index contributed by atoms with van der Waals surface area (Å²) in [6.07, 6.45) is 1.03. The van der Waals surface area contributed by atoms with Crippen LogP contribution in [0.4, 0.5) is 4.39 Å². The van der Waals surface area contributed by atoms with Crippen LogP contribution in [0.1, 0.15) is 35.7 Å². The number of rotatable bonds is 4. The average molecular weight is 291 g/mol. The number of pyridine rings is 1. The molecular weight excluding hydrogens is 277 g/mol. The van der Waals surface area contributed by atoms with E-state index in [0.717, 1.165) is 17.2 Å². The lowest BCUT2D eigenvalue weighted by atomic mass is 10.0. The third kappa shape index (κ3) is 3.36. The second-order valence-electron chi connectivity index (χ2n) is 4.64. The molecule has 0 aliphatic rings. The molecule has 0 amide bonds. The van der Waals surface area contributed by atoms with E-state index in [9.17, 15) is 9.18 Å². The molecule has 0 atom stereocenters. The number of hydrogen-bond acceptors (Lipinski definition) is 3. The molecule has 0 radical (unpaired) electrons. The van der Waals surface area contributed by atoms with Crippen LogP contribution in [0.15, 0.2) is 46.5 Å². The van der Waals surface area contributed by atoms with E-state index in [2.05, 4.69) is 18.8 Å². The van der Waals surface area contributed by atoms with Crippen molar-refractivity contribution in [3.8, 4) is 0 Å². The van der Waals surface area contributed by atoms with Crippen LogP contribution in [0, 0.1) is 5.82 Å². The molecule has 0 bridgehead atoms. The van der Waals surface area contributed by atoms with Crippen molar-refractivity contribution in [3.05, 3.63) is 53.5 Å². The van der Waals surface area contributed by atoms with Gasteiger partial charge in [0, 0.05) is 4.90 Å². The quantitative estimate of drug-likeness (QED) is 0.917. The zero-order valence-corrected chi connectivity index (χ0v) is 11.9. The summed E-state index contributed by atoms with van der Waals surface area (Å²) in [6.45, 7) is 4.21. The summed E-state index contributed by atoms with van der Waals surface area (Å²) >= 11 is 1.21. The number of benzene rings is 1. The van der Waals surface area contributed by atoms with Crippen molar-refractivity contribution in [3.63, 3.8) is 0 Å². The molecule has 0 fully saturated rings. The second-order valence-corrected chi connectivity index (χ2v) is 5.70. The summed E-state index contributed by atoms with van der Waals surface area (Å²) in [5, 5.41) is 9.35. The fraction of sp³-hybridized carbons (Fsp3) is 0.200. The normalized spacial score (nSPS) is 10.8. The third-order valence-electron chi connectivity index (χ3n) is 2.81. The minimum atomic E-state index is -1.18. The number of halogens is 1. The lowest BCUT2D eigenvalue weighted by molar-refractivity contribution is 0.0691. The van der Waals surface area contributed by atoms with Crippen LogP contribution in [-0.4, -0.2) is 16.1 Å². The van der Waals surface area contributed by atoms with Gasteiger partial charge in [-0.2, -0.15) is 0 Å². The van der Waals surface area contributed by atoms with E-state index < -0.39 is 11.8 Å². The Labute approximate surface area is 120 Å². The molecule has 0 aliphatic heterocycles. The van der Waals surface area contributed by atoms with Gasteiger partial charge in [-0.3, -0.25) is 0 Å². The van der Waals surface area contributed by atoms with E-state index in [0.29, 0.717) is 5.92 Å². The van der Waals surface area contributed by atoms with Gasteiger partial charge in [0.05, 0.1) is 11.8 Å². The molecule has 0 aliphatic carbocycles. The van der Waals surface area contributed by atoms with Gasteiger partial charge in [-0.15, -0.1) is 0 Å². The summed E-state index contributed by atoms with van der Waals surface area (Å²) in [5.41, 5.74) is 1.09. The van der Waals surface area contributed by atoms with Gasteiger partial charge < -0.3 is 5.11 Å². The van der Waals surface area contributed by atoms with Crippen LogP contribution >= 0.6 is 11.8 Å². The molecule has 20 heavy (non-hydrogen) atoms. The van der Waals surface area contributed by atoms with Crippen molar-refractivity contribution in [1.29, 1.82) is 0 Å². The second kappa shape index (κ2) is 6.05. The SMILES string of the molecule is CC(C)c1ccc(Sc2ncc(F)cc2C(=O)O)cc1. The maximum absolute atomic E-state index is 13.1. The molecule has 0 saturated carbocycles. The summed E-state index contributed by atoms with van der Waals surface area (Å²) in [6, 6.07) is 8.81. The minimum absolute atomic E-state index is 0.122. The summed E-state index contributed by atoms with van der Waals surface area (Å²) < 4.78 is 13.1. The number of carboxylic acid groups (broad SMARTS) is 1. The Bertz CT molecular complexity index is 626. The molecule has 0 unspecified atom stereocenters. The molecule has 1 heterocycles. The van der Waals surface area contributed by atoms with E-state index in [1.54, 1.807) is 0 Å². The van der Waals surface area contributed by atoms with Crippen molar-refractivity contribution < 1.29 is 14.3 Å². The Morgan fingerprint density at radius 1 is 1.30 bits per heavy atom. The summed E-state index contributed by atoms with van der Waals surface area (Å²) in [7, 11) is 0. The van der Waals surface area contributed by atoms with E-state index in [1.807, 2.05) is 24.3 Å². The van der Waals surface area contributed by atoms with Gasteiger partial charge in [0.2, 0.25) is 0 Å². The predicted molar refractivity (Wildman–Crippen MR) is 75.8 cm³/mol. The Morgan fingerprint density at radius 3 is 2.50 bits per heavy atom. The minimum Gasteiger partial charge on any atom is -0.478 e. The smallest absolute Gasteiger partial charge is 0.338 e. The molecule has 0 spiro atoms. The fourth-order valence-electron chi connectivity index (χ4n) is 1.69. The predicted octanol–water partition coefficient (Wildman–Crippen LogP) is 4.19. The molecular formula is C15H14FNO2S. The monoisotopic (exact) mass is 291 g/mol. The van der Waals surface area contributed by atoms with Crippen molar-refractivity contribution in [1.82, 2.24) is 4.98 Å². The highest BCUT2D eigenvalue weighted by Gasteiger charge is 2.14. The van der Waals surface area contributed by atoms with Crippen molar-refractivity contribution in [2.24, 2.45) is 0 Å². The number of carbonyl (C=O) groups is 1. The van der Waals surface area contributed by atoms with Crippen molar-refractivity contribution in [2.75, 3.05) is 0 Å². The van der Waals surface area contributed by atoms with Gasteiger partial charge in [0.15, 0.2) is 0 Å². The van der Waals surface area contributed by atoms with E-state index in [1.165, 1.54) is 17.3 Å². The number of nitrogens with zero attached hydrogens (tertiary/aromatic N) is 1. The van der Waals surface area contributed by atoms with Gasteiger partial charge in [-0.1, -0.05) is 37.7 Å². The number of aromatic carboxylic acids is 1. The Morgan fingerprint density at radius 2 is 1.95 bits per heavy atom. The molecule has 0 saturated heterocycles. The van der Waals surface area contributed by atoms with Gasteiger partial charge in [-0.25, -0.2) is 14.2 Å². The number of hydrogen-bond donors (Lipinski definition) is 1. The largest absolute Gasteiger partial charge is 0.478 e. The summed E-state index contributed by atoms with van der Waals surface area (Å²) in [5.74, 6) is -1.40. The van der Waals surface area contributed by atoms with Crippen LogP contribution in [0.3, 0.4) is 0 Å². The lowest BCUT2D eigenvalue weighted by Gasteiger charge is -2.07. The maximum atomic E-state index is 13.1. The van der Waals surface area contributed by atoms with Crippen LogP contribution in [-0.2, 0) is 0 Å². The molecule has 2 aromatic rings. The molecule has 5 heteroatoms. The van der Waals surface area contributed by atoms with Crippen LogP contribution in [0.25, 0.3) is 0 Å².